The van der Waals surface area contributed by atoms with Gasteiger partial charge in [-0.05, 0) is 49.9 Å². The average molecular weight is 411 g/mol. The Bertz CT molecular complexity index is 810. The molecule has 30 heavy (non-hydrogen) atoms. The maximum absolute atomic E-state index is 10.3. The molecule has 1 atom stereocenters. The molecule has 6 heteroatoms. The number of para-hydroxylation sites is 1. The molecule has 3 N–H and O–H groups in total. The van der Waals surface area contributed by atoms with Gasteiger partial charge in [0.25, 0.3) is 0 Å². The number of ether oxygens (including phenoxy) is 1. The number of nitrogens with zero attached hydrogens (tertiary/aromatic N) is 2. The van der Waals surface area contributed by atoms with Gasteiger partial charge in [0.15, 0.2) is 17.5 Å². The smallest absolute Gasteiger partial charge is 0.191 e. The number of phenols is 1. The molecule has 6 nitrogen and oxygen atoms in total. The number of benzene rings is 2. The first-order chi connectivity index (χ1) is 14.7. The molecule has 2 aromatic rings. The quantitative estimate of drug-likeness (QED) is 0.461. The highest BCUT2D eigenvalue weighted by atomic mass is 16.5. The average Bonchev–Trinajstić information content (AvgIpc) is 2.76. The Labute approximate surface area is 180 Å². The van der Waals surface area contributed by atoms with Gasteiger partial charge in [0, 0.05) is 32.2 Å². The predicted octanol–water partition coefficient (Wildman–Crippen LogP) is 3.16. The fourth-order valence-corrected chi connectivity index (χ4v) is 3.89. The number of nitrogens with one attached hydrogen (secondary N) is 2. The van der Waals surface area contributed by atoms with Crippen molar-refractivity contribution in [3.63, 3.8) is 0 Å². The van der Waals surface area contributed by atoms with Gasteiger partial charge in [-0.1, -0.05) is 42.5 Å². The van der Waals surface area contributed by atoms with Crippen molar-refractivity contribution >= 4 is 5.96 Å². The van der Waals surface area contributed by atoms with Crippen molar-refractivity contribution < 1.29 is 9.84 Å². The van der Waals surface area contributed by atoms with Gasteiger partial charge in [-0.3, -0.25) is 9.89 Å². The lowest BCUT2D eigenvalue weighted by molar-refractivity contribution is 0.192. The molecule has 0 aliphatic carbocycles. The summed E-state index contributed by atoms with van der Waals surface area (Å²) >= 11 is 0. The van der Waals surface area contributed by atoms with Crippen LogP contribution >= 0.6 is 0 Å². The fraction of sp³-hybridized carbons (Fsp3) is 0.458. The standard InChI is InChI=1S/C24H34N4O2/c1-3-25-24(26-15-14-20-11-7-13-22(30-2)23(20)29)27-21-12-8-16-28(18-21)17-19-9-5-4-6-10-19/h4-7,9-11,13,21,29H,3,8,12,14-18H2,1-2H3,(H2,25,26,27). The van der Waals surface area contributed by atoms with Crippen LogP contribution in [0.15, 0.2) is 53.5 Å². The van der Waals surface area contributed by atoms with Crippen molar-refractivity contribution in [2.75, 3.05) is 33.3 Å². The molecule has 3 rings (SSSR count). The minimum absolute atomic E-state index is 0.206. The Kier molecular flexibility index (Phi) is 8.39. The zero-order valence-corrected chi connectivity index (χ0v) is 18.1. The van der Waals surface area contributed by atoms with Gasteiger partial charge in [0.05, 0.1) is 7.11 Å². The molecule has 1 aliphatic rings. The van der Waals surface area contributed by atoms with Crippen LogP contribution in [0.25, 0.3) is 0 Å². The normalized spacial score (nSPS) is 17.5. The van der Waals surface area contributed by atoms with Crippen LogP contribution in [0, 0.1) is 0 Å². The molecule has 0 amide bonds. The van der Waals surface area contributed by atoms with Crippen molar-refractivity contribution in [3.8, 4) is 11.5 Å². The van der Waals surface area contributed by atoms with Crippen molar-refractivity contribution in [1.29, 1.82) is 0 Å². The summed E-state index contributed by atoms with van der Waals surface area (Å²) in [5.74, 6) is 1.55. The summed E-state index contributed by atoms with van der Waals surface area (Å²) in [6.45, 7) is 6.62. The monoisotopic (exact) mass is 410 g/mol. The predicted molar refractivity (Wildman–Crippen MR) is 122 cm³/mol. The van der Waals surface area contributed by atoms with Crippen molar-refractivity contribution in [1.82, 2.24) is 15.5 Å². The molecular weight excluding hydrogens is 376 g/mol. The Morgan fingerprint density at radius 1 is 1.20 bits per heavy atom. The Morgan fingerprint density at radius 2 is 2.03 bits per heavy atom. The van der Waals surface area contributed by atoms with Crippen LogP contribution in [0.2, 0.25) is 0 Å². The maximum atomic E-state index is 10.3. The minimum atomic E-state index is 0.206. The molecule has 1 heterocycles. The van der Waals surface area contributed by atoms with Crippen molar-refractivity contribution in [2.45, 2.75) is 38.8 Å². The summed E-state index contributed by atoms with van der Waals surface area (Å²) in [4.78, 5) is 7.24. The van der Waals surface area contributed by atoms with Gasteiger partial charge in [-0.25, -0.2) is 0 Å². The number of rotatable bonds is 8. The van der Waals surface area contributed by atoms with Crippen LogP contribution in [0.4, 0.5) is 0 Å². The van der Waals surface area contributed by atoms with Crippen molar-refractivity contribution in [3.05, 3.63) is 59.7 Å². The molecule has 162 valence electrons. The van der Waals surface area contributed by atoms with Crippen LogP contribution in [-0.4, -0.2) is 55.3 Å². The van der Waals surface area contributed by atoms with Gasteiger partial charge in [0.1, 0.15) is 0 Å². The van der Waals surface area contributed by atoms with E-state index in [-0.39, 0.29) is 5.75 Å². The maximum Gasteiger partial charge on any atom is 0.191 e. The minimum Gasteiger partial charge on any atom is -0.504 e. The van der Waals surface area contributed by atoms with E-state index in [1.807, 2.05) is 12.1 Å². The summed E-state index contributed by atoms with van der Waals surface area (Å²) in [6, 6.07) is 16.6. The Morgan fingerprint density at radius 3 is 2.80 bits per heavy atom. The Hall–Kier alpha value is -2.73. The van der Waals surface area contributed by atoms with Gasteiger partial charge in [-0.2, -0.15) is 0 Å². The number of aromatic hydroxyl groups is 1. The van der Waals surface area contributed by atoms with E-state index >= 15 is 0 Å². The molecule has 1 saturated heterocycles. The number of hydrogen-bond donors (Lipinski definition) is 3. The fourth-order valence-electron chi connectivity index (χ4n) is 3.89. The second-order valence-corrected chi connectivity index (χ2v) is 7.68. The number of aliphatic imine (C=N–C) groups is 1. The second-order valence-electron chi connectivity index (χ2n) is 7.68. The van der Waals surface area contributed by atoms with E-state index < -0.39 is 0 Å². The summed E-state index contributed by atoms with van der Waals surface area (Å²) in [6.07, 6.45) is 2.98. The third kappa shape index (κ3) is 6.39. The molecule has 0 aromatic heterocycles. The number of methoxy groups -OCH3 is 1. The lowest BCUT2D eigenvalue weighted by Gasteiger charge is -2.34. The zero-order valence-electron chi connectivity index (χ0n) is 18.1. The van der Waals surface area contributed by atoms with E-state index in [9.17, 15) is 5.11 Å². The molecule has 1 unspecified atom stereocenters. The molecule has 0 saturated carbocycles. The van der Waals surface area contributed by atoms with Crippen LogP contribution < -0.4 is 15.4 Å². The van der Waals surface area contributed by atoms with E-state index in [1.165, 1.54) is 12.0 Å². The molecule has 2 aromatic carbocycles. The van der Waals surface area contributed by atoms with Crippen LogP contribution in [-0.2, 0) is 13.0 Å². The summed E-state index contributed by atoms with van der Waals surface area (Å²) in [5.41, 5.74) is 2.21. The van der Waals surface area contributed by atoms with Crippen LogP contribution in [0.3, 0.4) is 0 Å². The number of likely N-dealkylation sites (tertiary alicyclic amines) is 1. The van der Waals surface area contributed by atoms with Crippen LogP contribution in [0.1, 0.15) is 30.9 Å². The molecule has 1 aliphatic heterocycles. The summed E-state index contributed by atoms with van der Waals surface area (Å²) in [7, 11) is 1.56. The summed E-state index contributed by atoms with van der Waals surface area (Å²) < 4.78 is 5.19. The highest BCUT2D eigenvalue weighted by Gasteiger charge is 2.20. The molecule has 0 spiro atoms. The van der Waals surface area contributed by atoms with Gasteiger partial charge >= 0.3 is 0 Å². The third-order valence-corrected chi connectivity index (χ3v) is 5.39. The first-order valence-electron chi connectivity index (χ1n) is 10.9. The number of hydrogen-bond acceptors (Lipinski definition) is 4. The lowest BCUT2D eigenvalue weighted by atomic mass is 10.0. The lowest BCUT2D eigenvalue weighted by Crippen LogP contribution is -2.51. The van der Waals surface area contributed by atoms with E-state index in [0.29, 0.717) is 24.8 Å². The first-order valence-corrected chi connectivity index (χ1v) is 10.9. The SMILES string of the molecule is CCNC(=NCCc1cccc(OC)c1O)NC1CCCN(Cc2ccccc2)C1. The second kappa shape index (κ2) is 11.5. The molecule has 0 radical (unpaired) electrons. The molecule has 1 fully saturated rings. The number of piperidine rings is 1. The highest BCUT2D eigenvalue weighted by molar-refractivity contribution is 5.80. The largest absolute Gasteiger partial charge is 0.504 e. The zero-order chi connectivity index (χ0) is 21.2. The summed E-state index contributed by atoms with van der Waals surface area (Å²) in [5, 5.41) is 17.2. The number of phenolic OH excluding ortho intramolecular Hbond substituents is 1. The Balaban J connectivity index is 1.55. The molecule has 0 bridgehead atoms. The number of guanidine groups is 1. The van der Waals surface area contributed by atoms with E-state index in [4.69, 9.17) is 9.73 Å². The van der Waals surface area contributed by atoms with Crippen molar-refractivity contribution in [2.24, 2.45) is 4.99 Å². The third-order valence-electron chi connectivity index (χ3n) is 5.39. The van der Waals surface area contributed by atoms with Gasteiger partial charge in [-0.15, -0.1) is 0 Å². The van der Waals surface area contributed by atoms with E-state index in [2.05, 4.69) is 52.8 Å². The van der Waals surface area contributed by atoms with Gasteiger partial charge in [0.2, 0.25) is 0 Å². The van der Waals surface area contributed by atoms with Crippen LogP contribution in [0.5, 0.6) is 11.5 Å². The van der Waals surface area contributed by atoms with E-state index in [0.717, 1.165) is 44.1 Å². The highest BCUT2D eigenvalue weighted by Crippen LogP contribution is 2.29. The van der Waals surface area contributed by atoms with E-state index in [1.54, 1.807) is 13.2 Å². The first kappa shape index (κ1) is 22.0. The topological polar surface area (TPSA) is 69.1 Å². The van der Waals surface area contributed by atoms with Gasteiger partial charge < -0.3 is 20.5 Å². The molecular formula is C24H34N4O2.